The van der Waals surface area contributed by atoms with Crippen LogP contribution < -0.4 is 15.8 Å². The second-order valence-corrected chi connectivity index (χ2v) is 9.76. The maximum atomic E-state index is 12.5. The summed E-state index contributed by atoms with van der Waals surface area (Å²) in [5, 5.41) is 19.0. The number of nitrogens with one attached hydrogen (secondary N) is 1. The van der Waals surface area contributed by atoms with Crippen LogP contribution in [0, 0.1) is 0 Å². The standard InChI is InChI=1S/C21H34N4O2S/c26-19-7-2-1-6-18(19)25-21(27)9-8-20(23-25)24-12-4-3-5-17(24)15-22-16-10-13-28-14-11-16/h8-9,16-19,22,26H,1-7,10-15H2. The third-order valence-corrected chi connectivity index (χ3v) is 7.65. The summed E-state index contributed by atoms with van der Waals surface area (Å²) in [6, 6.07) is 4.41. The molecule has 2 aliphatic heterocycles. The molecule has 1 aromatic heterocycles. The molecule has 0 spiro atoms. The van der Waals surface area contributed by atoms with Gasteiger partial charge in [-0.3, -0.25) is 4.79 Å². The van der Waals surface area contributed by atoms with E-state index in [1.165, 1.54) is 43.6 Å². The van der Waals surface area contributed by atoms with Gasteiger partial charge in [0.25, 0.3) is 5.56 Å². The lowest BCUT2D eigenvalue weighted by molar-refractivity contribution is 0.0669. The molecule has 3 atom stereocenters. The monoisotopic (exact) mass is 406 g/mol. The molecule has 0 aromatic carbocycles. The van der Waals surface area contributed by atoms with Gasteiger partial charge in [0.2, 0.25) is 0 Å². The number of nitrogens with zero attached hydrogens (tertiary/aromatic N) is 3. The normalized spacial score (nSPS) is 29.8. The van der Waals surface area contributed by atoms with Crippen molar-refractivity contribution in [1.82, 2.24) is 15.1 Å². The Morgan fingerprint density at radius 3 is 2.68 bits per heavy atom. The zero-order valence-electron chi connectivity index (χ0n) is 16.8. The first-order chi connectivity index (χ1) is 13.7. The first-order valence-electron chi connectivity index (χ1n) is 11.1. The van der Waals surface area contributed by atoms with Crippen molar-refractivity contribution >= 4 is 17.6 Å². The zero-order chi connectivity index (χ0) is 19.3. The predicted molar refractivity (Wildman–Crippen MR) is 115 cm³/mol. The zero-order valence-corrected chi connectivity index (χ0v) is 17.6. The number of thioether (sulfide) groups is 1. The van der Waals surface area contributed by atoms with E-state index in [1.807, 2.05) is 6.07 Å². The van der Waals surface area contributed by atoms with Gasteiger partial charge in [-0.15, -0.1) is 0 Å². The molecule has 3 heterocycles. The summed E-state index contributed by atoms with van der Waals surface area (Å²) in [4.78, 5) is 14.9. The van der Waals surface area contributed by atoms with Gasteiger partial charge in [-0.05, 0) is 62.5 Å². The molecule has 1 saturated carbocycles. The lowest BCUT2D eigenvalue weighted by Crippen LogP contribution is -2.49. The molecule has 2 N–H and O–H groups in total. The topological polar surface area (TPSA) is 70.4 Å². The summed E-state index contributed by atoms with van der Waals surface area (Å²) in [5.74, 6) is 3.42. The van der Waals surface area contributed by atoms with Crippen molar-refractivity contribution in [3.63, 3.8) is 0 Å². The van der Waals surface area contributed by atoms with Crippen molar-refractivity contribution in [2.75, 3.05) is 29.5 Å². The summed E-state index contributed by atoms with van der Waals surface area (Å²) < 4.78 is 1.57. The van der Waals surface area contributed by atoms with E-state index in [9.17, 15) is 9.90 Å². The molecule has 1 aromatic rings. The Balaban J connectivity index is 1.49. The van der Waals surface area contributed by atoms with Crippen LogP contribution in [0.25, 0.3) is 0 Å². The fourth-order valence-corrected chi connectivity index (χ4v) is 6.01. The van der Waals surface area contributed by atoms with E-state index in [0.29, 0.717) is 12.1 Å². The van der Waals surface area contributed by atoms with Crippen LogP contribution in [-0.2, 0) is 0 Å². The van der Waals surface area contributed by atoms with Gasteiger partial charge in [0.15, 0.2) is 0 Å². The minimum Gasteiger partial charge on any atom is -0.391 e. The molecular weight excluding hydrogens is 372 g/mol. The molecule has 3 aliphatic rings. The first kappa shape index (κ1) is 20.2. The third-order valence-electron chi connectivity index (χ3n) is 6.60. The highest BCUT2D eigenvalue weighted by atomic mass is 32.2. The largest absolute Gasteiger partial charge is 0.391 e. The molecule has 6 nitrogen and oxygen atoms in total. The Kier molecular flexibility index (Phi) is 6.96. The minimum absolute atomic E-state index is 0.0962. The molecule has 28 heavy (non-hydrogen) atoms. The number of anilines is 1. The van der Waals surface area contributed by atoms with Gasteiger partial charge in [-0.25, -0.2) is 4.68 Å². The molecule has 4 rings (SSSR count). The van der Waals surface area contributed by atoms with Gasteiger partial charge in [0.1, 0.15) is 5.82 Å². The predicted octanol–water partition coefficient (Wildman–Crippen LogP) is 2.56. The minimum atomic E-state index is -0.461. The summed E-state index contributed by atoms with van der Waals surface area (Å²) in [6.07, 6.45) is 9.34. The molecule has 0 bridgehead atoms. The van der Waals surface area contributed by atoms with Gasteiger partial charge in [-0.2, -0.15) is 16.9 Å². The van der Waals surface area contributed by atoms with Crippen LogP contribution in [0.5, 0.6) is 0 Å². The highest BCUT2D eigenvalue weighted by Crippen LogP contribution is 2.28. The third kappa shape index (κ3) is 4.74. The van der Waals surface area contributed by atoms with E-state index in [0.717, 1.165) is 44.6 Å². The number of rotatable bonds is 5. The SMILES string of the molecule is O=c1ccc(N2CCCCC2CNC2CCSCC2)nn1C1CCCCC1O. The molecular formula is C21H34N4O2S. The lowest BCUT2D eigenvalue weighted by atomic mass is 9.93. The lowest BCUT2D eigenvalue weighted by Gasteiger charge is -2.38. The molecule has 2 saturated heterocycles. The quantitative estimate of drug-likeness (QED) is 0.783. The van der Waals surface area contributed by atoms with E-state index >= 15 is 0 Å². The number of hydrogen-bond donors (Lipinski definition) is 2. The number of aliphatic hydroxyl groups is 1. The molecule has 156 valence electrons. The van der Waals surface area contributed by atoms with E-state index in [2.05, 4.69) is 22.0 Å². The van der Waals surface area contributed by atoms with E-state index in [1.54, 1.807) is 10.7 Å². The maximum Gasteiger partial charge on any atom is 0.267 e. The highest BCUT2D eigenvalue weighted by Gasteiger charge is 2.29. The Morgan fingerprint density at radius 1 is 1.07 bits per heavy atom. The fourth-order valence-electron chi connectivity index (χ4n) is 4.90. The van der Waals surface area contributed by atoms with Gasteiger partial charge in [0, 0.05) is 31.2 Å². The van der Waals surface area contributed by atoms with Crippen LogP contribution in [0.3, 0.4) is 0 Å². The van der Waals surface area contributed by atoms with Gasteiger partial charge < -0.3 is 15.3 Å². The summed E-state index contributed by atoms with van der Waals surface area (Å²) in [7, 11) is 0. The van der Waals surface area contributed by atoms with Crippen molar-refractivity contribution in [2.45, 2.75) is 82.0 Å². The Labute approximate surface area is 172 Å². The summed E-state index contributed by atoms with van der Waals surface area (Å²) in [6.45, 7) is 1.98. The molecule has 0 amide bonds. The molecule has 3 fully saturated rings. The highest BCUT2D eigenvalue weighted by molar-refractivity contribution is 7.99. The summed E-state index contributed by atoms with van der Waals surface area (Å²) >= 11 is 2.06. The van der Waals surface area contributed by atoms with Crippen molar-refractivity contribution in [3.8, 4) is 0 Å². The smallest absolute Gasteiger partial charge is 0.267 e. The van der Waals surface area contributed by atoms with E-state index < -0.39 is 6.10 Å². The van der Waals surface area contributed by atoms with Gasteiger partial charge in [-0.1, -0.05) is 12.8 Å². The van der Waals surface area contributed by atoms with Gasteiger partial charge in [0.05, 0.1) is 12.1 Å². The number of aliphatic hydroxyl groups excluding tert-OH is 1. The first-order valence-corrected chi connectivity index (χ1v) is 12.2. The molecule has 7 heteroatoms. The maximum absolute atomic E-state index is 12.5. The molecule has 0 radical (unpaired) electrons. The summed E-state index contributed by atoms with van der Waals surface area (Å²) in [5.41, 5.74) is -0.0962. The van der Waals surface area contributed by atoms with Crippen LogP contribution in [0.2, 0.25) is 0 Å². The average molecular weight is 407 g/mol. The van der Waals surface area contributed by atoms with Crippen LogP contribution in [0.1, 0.15) is 63.8 Å². The molecule has 3 unspecified atom stereocenters. The second kappa shape index (κ2) is 9.63. The van der Waals surface area contributed by atoms with E-state index in [-0.39, 0.29) is 11.6 Å². The van der Waals surface area contributed by atoms with Crippen molar-refractivity contribution in [3.05, 3.63) is 22.5 Å². The van der Waals surface area contributed by atoms with Crippen LogP contribution in [-0.4, -0.2) is 57.7 Å². The molecule has 1 aliphatic carbocycles. The number of aromatic nitrogens is 2. The fraction of sp³-hybridized carbons (Fsp3) is 0.810. The van der Waals surface area contributed by atoms with Crippen LogP contribution in [0.15, 0.2) is 16.9 Å². The van der Waals surface area contributed by atoms with Crippen molar-refractivity contribution in [1.29, 1.82) is 0 Å². The van der Waals surface area contributed by atoms with E-state index in [4.69, 9.17) is 5.10 Å². The number of piperidine rings is 1. The Hall–Kier alpha value is -1.05. The van der Waals surface area contributed by atoms with Gasteiger partial charge >= 0.3 is 0 Å². The van der Waals surface area contributed by atoms with Crippen molar-refractivity contribution in [2.24, 2.45) is 0 Å². The van der Waals surface area contributed by atoms with Crippen molar-refractivity contribution < 1.29 is 5.11 Å². The Bertz CT molecular complexity index is 691. The van der Waals surface area contributed by atoms with Crippen LogP contribution in [0.4, 0.5) is 5.82 Å². The number of hydrogen-bond acceptors (Lipinski definition) is 6. The van der Waals surface area contributed by atoms with Crippen LogP contribution >= 0.6 is 11.8 Å². The average Bonchev–Trinajstić information content (AvgIpc) is 2.74. The Morgan fingerprint density at radius 2 is 1.86 bits per heavy atom. The second-order valence-electron chi connectivity index (χ2n) is 8.53.